The molecule has 86 valence electrons. The average molecular weight is 329 g/mol. The van der Waals surface area contributed by atoms with Gasteiger partial charge in [0.2, 0.25) is 0 Å². The van der Waals surface area contributed by atoms with Gasteiger partial charge in [-0.15, -0.1) is 0 Å². The summed E-state index contributed by atoms with van der Waals surface area (Å²) in [5, 5.41) is 10.3. The minimum Gasteiger partial charge on any atom is -1.00 e. The first kappa shape index (κ1) is 29.3. The Bertz CT molecular complexity index is 110. The van der Waals surface area contributed by atoms with Crippen LogP contribution in [0.25, 0.3) is 0 Å². The van der Waals surface area contributed by atoms with Gasteiger partial charge in [-0.2, -0.15) is 0 Å². The minimum absolute atomic E-state index is 0. The molecule has 0 fully saturated rings. The molecule has 0 N–H and O–H groups in total. The number of halogens is 1. The van der Waals surface area contributed by atoms with E-state index in [9.17, 15) is 9.90 Å². The molecule has 0 rings (SSSR count). The SMILES string of the molecule is C.C.CCCCC(CC)C(=O)[O-].[Cl-].[Sn+2]. The molecule has 0 amide bonds. The Morgan fingerprint density at radius 1 is 1.29 bits per heavy atom. The summed E-state index contributed by atoms with van der Waals surface area (Å²) in [6.45, 7) is 3.94. The molecule has 2 nitrogen and oxygen atoms in total. The van der Waals surface area contributed by atoms with Gasteiger partial charge in [-0.25, -0.2) is 0 Å². The largest absolute Gasteiger partial charge is 2.00 e. The molecule has 14 heavy (non-hydrogen) atoms. The van der Waals surface area contributed by atoms with Gasteiger partial charge < -0.3 is 22.3 Å². The topological polar surface area (TPSA) is 40.1 Å². The second-order valence-electron chi connectivity index (χ2n) is 2.57. The van der Waals surface area contributed by atoms with E-state index in [0.717, 1.165) is 19.3 Å². The standard InChI is InChI=1S/C8H16O2.2CH4.ClH.Sn/c1-3-5-6-7(4-2)8(9)10;;;;/h7H,3-6H2,1-2H3,(H,9,10);2*1H4;1H;/q;;;;+2/p-2. The zero-order chi connectivity index (χ0) is 7.98. The molecule has 0 bridgehead atoms. The first-order valence-corrected chi connectivity index (χ1v) is 3.93. The molecule has 0 aliphatic carbocycles. The van der Waals surface area contributed by atoms with Crippen molar-refractivity contribution in [2.75, 3.05) is 0 Å². The Morgan fingerprint density at radius 2 is 1.71 bits per heavy atom. The van der Waals surface area contributed by atoms with Crippen molar-refractivity contribution in [1.82, 2.24) is 0 Å². The zero-order valence-electron chi connectivity index (χ0n) is 7.60. The van der Waals surface area contributed by atoms with Gasteiger partial charge in [-0.1, -0.05) is 41.5 Å². The van der Waals surface area contributed by atoms with E-state index in [1.807, 2.05) is 6.92 Å². The Balaban J connectivity index is -0.0000000675. The first-order valence-electron chi connectivity index (χ1n) is 3.93. The normalized spacial score (nSPS) is 9.29. The van der Waals surface area contributed by atoms with Gasteiger partial charge in [0, 0.05) is 5.97 Å². The van der Waals surface area contributed by atoms with E-state index >= 15 is 0 Å². The van der Waals surface area contributed by atoms with Crippen LogP contribution >= 0.6 is 0 Å². The third-order valence-corrected chi connectivity index (χ3v) is 1.73. The Morgan fingerprint density at radius 3 is 1.93 bits per heavy atom. The smallest absolute Gasteiger partial charge is 1.00 e. The summed E-state index contributed by atoms with van der Waals surface area (Å²) >= 11 is 0. The number of unbranched alkanes of at least 4 members (excludes halogenated alkanes) is 1. The van der Waals surface area contributed by atoms with Gasteiger partial charge in [-0.05, 0) is 18.8 Å². The number of hydrogen-bond acceptors (Lipinski definition) is 2. The van der Waals surface area contributed by atoms with Gasteiger partial charge >= 0.3 is 23.9 Å². The maximum absolute atomic E-state index is 10.3. The third kappa shape index (κ3) is 15.1. The fourth-order valence-corrected chi connectivity index (χ4v) is 0.939. The summed E-state index contributed by atoms with van der Waals surface area (Å²) < 4.78 is 0. The average Bonchev–Trinajstić information content (AvgIpc) is 1.89. The van der Waals surface area contributed by atoms with Crippen molar-refractivity contribution in [1.29, 1.82) is 0 Å². The molecule has 0 aliphatic heterocycles. The molecule has 4 heteroatoms. The molecule has 2 radical (unpaired) electrons. The van der Waals surface area contributed by atoms with E-state index in [2.05, 4.69) is 6.92 Å². The summed E-state index contributed by atoms with van der Waals surface area (Å²) in [6, 6.07) is 0. The van der Waals surface area contributed by atoms with Crippen LogP contribution in [0.5, 0.6) is 0 Å². The maximum atomic E-state index is 10.3. The first-order chi connectivity index (χ1) is 4.72. The van der Waals surface area contributed by atoms with Crippen LogP contribution in [-0.4, -0.2) is 29.9 Å². The Labute approximate surface area is 112 Å². The van der Waals surface area contributed by atoms with E-state index in [4.69, 9.17) is 0 Å². The number of carboxylic acids is 1. The molecular formula is C10H23ClO2Sn. The second kappa shape index (κ2) is 19.2. The number of rotatable bonds is 5. The van der Waals surface area contributed by atoms with Crippen molar-refractivity contribution in [3.05, 3.63) is 0 Å². The van der Waals surface area contributed by atoms with Crippen LogP contribution in [0.2, 0.25) is 0 Å². The van der Waals surface area contributed by atoms with Gasteiger partial charge in [-0.3, -0.25) is 0 Å². The molecule has 0 aliphatic rings. The number of aliphatic carboxylic acids is 1. The molecule has 0 aromatic rings. The van der Waals surface area contributed by atoms with Crippen molar-refractivity contribution in [2.24, 2.45) is 5.92 Å². The molecule has 0 aromatic carbocycles. The predicted molar refractivity (Wildman–Crippen MR) is 57.5 cm³/mol. The van der Waals surface area contributed by atoms with Gasteiger partial charge in [0.15, 0.2) is 0 Å². The van der Waals surface area contributed by atoms with Crippen molar-refractivity contribution < 1.29 is 22.3 Å². The summed E-state index contributed by atoms with van der Waals surface area (Å²) in [5.74, 6) is -1.11. The summed E-state index contributed by atoms with van der Waals surface area (Å²) in [6.07, 6.45) is 3.52. The van der Waals surface area contributed by atoms with Gasteiger partial charge in [0.05, 0.1) is 0 Å². The molecular weight excluding hydrogens is 306 g/mol. The van der Waals surface area contributed by atoms with Crippen LogP contribution in [0.4, 0.5) is 0 Å². The van der Waals surface area contributed by atoms with E-state index in [-0.39, 0.29) is 57.1 Å². The molecule has 0 spiro atoms. The van der Waals surface area contributed by atoms with Crippen molar-refractivity contribution >= 4 is 29.9 Å². The molecule has 1 atom stereocenters. The number of carbonyl (C=O) groups is 1. The van der Waals surface area contributed by atoms with E-state index in [1.165, 1.54) is 0 Å². The van der Waals surface area contributed by atoms with E-state index in [1.54, 1.807) is 0 Å². The van der Waals surface area contributed by atoms with E-state index in [0.29, 0.717) is 6.42 Å². The van der Waals surface area contributed by atoms with Crippen LogP contribution in [0.15, 0.2) is 0 Å². The summed E-state index contributed by atoms with van der Waals surface area (Å²) in [5.41, 5.74) is 0. The van der Waals surface area contributed by atoms with Crippen LogP contribution in [0.3, 0.4) is 0 Å². The van der Waals surface area contributed by atoms with Gasteiger partial charge in [0.1, 0.15) is 0 Å². The molecule has 0 saturated heterocycles. The molecule has 1 unspecified atom stereocenters. The predicted octanol–water partition coefficient (Wildman–Crippen LogP) is -1.15. The quantitative estimate of drug-likeness (QED) is 0.598. The molecule has 0 aromatic heterocycles. The van der Waals surface area contributed by atoms with Crippen molar-refractivity contribution in [2.45, 2.75) is 54.4 Å². The number of carbonyl (C=O) groups excluding carboxylic acids is 1. The Kier molecular flexibility index (Phi) is 40.1. The van der Waals surface area contributed by atoms with Crippen LogP contribution in [0.1, 0.15) is 54.4 Å². The van der Waals surface area contributed by atoms with Gasteiger partial charge in [0.25, 0.3) is 0 Å². The third-order valence-electron chi connectivity index (χ3n) is 1.73. The van der Waals surface area contributed by atoms with Crippen molar-refractivity contribution in [3.8, 4) is 0 Å². The van der Waals surface area contributed by atoms with E-state index < -0.39 is 5.97 Å². The fourth-order valence-electron chi connectivity index (χ4n) is 0.939. The minimum atomic E-state index is -0.893. The maximum Gasteiger partial charge on any atom is 2.00 e. The number of hydrogen-bond donors (Lipinski definition) is 0. The Hall–Kier alpha value is 0.559. The summed E-state index contributed by atoms with van der Waals surface area (Å²) in [4.78, 5) is 10.3. The molecule has 0 saturated carbocycles. The van der Waals surface area contributed by atoms with Crippen LogP contribution in [0, 0.1) is 5.92 Å². The van der Waals surface area contributed by atoms with Crippen LogP contribution < -0.4 is 17.5 Å². The summed E-state index contributed by atoms with van der Waals surface area (Å²) in [7, 11) is 0. The fraction of sp³-hybridized carbons (Fsp3) is 0.900. The monoisotopic (exact) mass is 330 g/mol. The van der Waals surface area contributed by atoms with Crippen LogP contribution in [-0.2, 0) is 4.79 Å². The van der Waals surface area contributed by atoms with Crippen molar-refractivity contribution in [3.63, 3.8) is 0 Å². The number of carboxylic acid groups (broad SMARTS) is 1. The second-order valence-corrected chi connectivity index (χ2v) is 2.57. The zero-order valence-corrected chi connectivity index (χ0v) is 11.2. The molecule has 0 heterocycles.